The van der Waals surface area contributed by atoms with Gasteiger partial charge in [0.2, 0.25) is 16.1 Å². The van der Waals surface area contributed by atoms with Gasteiger partial charge in [-0.25, -0.2) is 17.5 Å². The normalized spacial score (nSPS) is 19.0. The van der Waals surface area contributed by atoms with E-state index in [0.29, 0.717) is 17.0 Å². The Balaban J connectivity index is 1.41. The van der Waals surface area contributed by atoms with Crippen LogP contribution in [0.15, 0.2) is 58.6 Å². The number of nitrogens with one attached hydrogen (secondary N) is 2. The van der Waals surface area contributed by atoms with Gasteiger partial charge in [-0.1, -0.05) is 23.4 Å². The molecule has 1 aliphatic heterocycles. The number of amides is 1. The van der Waals surface area contributed by atoms with Crippen molar-refractivity contribution in [3.05, 3.63) is 59.9 Å². The summed E-state index contributed by atoms with van der Waals surface area (Å²) in [6.45, 7) is 0. The van der Waals surface area contributed by atoms with Crippen LogP contribution in [0.5, 0.6) is 0 Å². The number of nitrogens with zero attached hydrogens (tertiary/aromatic N) is 1. The third kappa shape index (κ3) is 4.20. The predicted octanol–water partition coefficient (Wildman–Crippen LogP) is 2.40. The smallest absolute Gasteiger partial charge is 0.268 e. The zero-order chi connectivity index (χ0) is 19.7. The van der Waals surface area contributed by atoms with Gasteiger partial charge in [0.1, 0.15) is 5.82 Å². The lowest BCUT2D eigenvalue weighted by Gasteiger charge is -2.11. The van der Waals surface area contributed by atoms with E-state index < -0.39 is 27.9 Å². The average molecular weight is 403 g/mol. The molecule has 2 aromatic rings. The predicted molar refractivity (Wildman–Crippen MR) is 101 cm³/mol. The summed E-state index contributed by atoms with van der Waals surface area (Å²) in [7, 11) is -3.61. The molecule has 1 amide bonds. The first kappa shape index (κ1) is 18.6. The Morgan fingerprint density at radius 3 is 2.68 bits per heavy atom. The van der Waals surface area contributed by atoms with Gasteiger partial charge >= 0.3 is 0 Å². The van der Waals surface area contributed by atoms with Crippen LogP contribution in [0.25, 0.3) is 0 Å². The molecule has 1 aliphatic carbocycles. The second kappa shape index (κ2) is 7.33. The first-order valence-electron chi connectivity index (χ1n) is 8.82. The van der Waals surface area contributed by atoms with E-state index in [1.807, 2.05) is 0 Å². The van der Waals surface area contributed by atoms with Gasteiger partial charge in [-0.05, 0) is 43.2 Å². The van der Waals surface area contributed by atoms with Gasteiger partial charge in [-0.2, -0.15) is 0 Å². The minimum atomic E-state index is -3.61. The minimum Gasteiger partial charge on any atom is -0.382 e. The topological polar surface area (TPSA) is 96.9 Å². The Hall–Kier alpha value is -2.78. The van der Waals surface area contributed by atoms with Crippen LogP contribution in [0.2, 0.25) is 0 Å². The van der Waals surface area contributed by atoms with Crippen molar-refractivity contribution in [3.8, 4) is 0 Å². The molecule has 1 fully saturated rings. The number of carbonyl (C=O) groups excluding carboxylic acids is 1. The largest absolute Gasteiger partial charge is 0.382 e. The minimum absolute atomic E-state index is 0.00599. The summed E-state index contributed by atoms with van der Waals surface area (Å²) in [4.78, 5) is 17.7. The van der Waals surface area contributed by atoms with Crippen LogP contribution in [0.4, 0.5) is 10.1 Å². The quantitative estimate of drug-likeness (QED) is 0.774. The molecule has 0 unspecified atom stereocenters. The molecule has 2 N–H and O–H groups in total. The molecule has 2 aliphatic rings. The average Bonchev–Trinajstić information content (AvgIpc) is 3.32. The Morgan fingerprint density at radius 1 is 1.14 bits per heavy atom. The van der Waals surface area contributed by atoms with E-state index in [2.05, 4.69) is 15.2 Å². The van der Waals surface area contributed by atoms with Crippen molar-refractivity contribution in [3.63, 3.8) is 0 Å². The van der Waals surface area contributed by atoms with E-state index in [-0.39, 0.29) is 17.4 Å². The molecule has 9 heteroatoms. The van der Waals surface area contributed by atoms with Crippen molar-refractivity contribution in [1.82, 2.24) is 4.72 Å². The van der Waals surface area contributed by atoms with Gasteiger partial charge in [-0.15, -0.1) is 0 Å². The van der Waals surface area contributed by atoms with Gasteiger partial charge in [0.05, 0.1) is 10.6 Å². The molecule has 0 bridgehead atoms. The fraction of sp³-hybridized carbons (Fsp3) is 0.263. The molecule has 0 aromatic heterocycles. The molecule has 4 rings (SSSR count). The highest BCUT2D eigenvalue weighted by Gasteiger charge is 2.30. The molecular formula is C19H18FN3O4S. The van der Waals surface area contributed by atoms with Crippen LogP contribution in [0.1, 0.15) is 24.8 Å². The maximum absolute atomic E-state index is 13.4. The van der Waals surface area contributed by atoms with E-state index in [0.717, 1.165) is 12.8 Å². The molecule has 146 valence electrons. The number of benzene rings is 2. The molecule has 1 atom stereocenters. The van der Waals surface area contributed by atoms with Gasteiger partial charge < -0.3 is 10.2 Å². The van der Waals surface area contributed by atoms with Gasteiger partial charge in [0.15, 0.2) is 0 Å². The second-order valence-electron chi connectivity index (χ2n) is 6.76. The summed E-state index contributed by atoms with van der Waals surface area (Å²) in [5.74, 6) is -0.856. The number of hydrogen-bond acceptors (Lipinski definition) is 5. The van der Waals surface area contributed by atoms with E-state index in [9.17, 15) is 17.6 Å². The Labute approximate surface area is 161 Å². The summed E-state index contributed by atoms with van der Waals surface area (Å²) < 4.78 is 40.6. The molecule has 0 radical (unpaired) electrons. The van der Waals surface area contributed by atoms with E-state index in [4.69, 9.17) is 4.84 Å². The number of carbonyl (C=O) groups is 1. The number of anilines is 1. The fourth-order valence-electron chi connectivity index (χ4n) is 2.81. The zero-order valence-corrected chi connectivity index (χ0v) is 15.6. The van der Waals surface area contributed by atoms with Crippen LogP contribution in [0, 0.1) is 5.82 Å². The molecule has 2 aromatic carbocycles. The number of oxime groups is 1. The number of halogens is 1. The third-order valence-corrected chi connectivity index (χ3v) is 5.95. The summed E-state index contributed by atoms with van der Waals surface area (Å²) in [5.41, 5.74) is 1.37. The first-order valence-corrected chi connectivity index (χ1v) is 10.3. The number of rotatable bonds is 6. The highest BCUT2D eigenvalue weighted by molar-refractivity contribution is 7.89. The summed E-state index contributed by atoms with van der Waals surface area (Å²) in [5, 5.41) is 6.52. The molecule has 0 spiro atoms. The standard InChI is InChI=1S/C19H18FN3O4S/c20-13-4-1-3-12(9-13)17-11-18(27-22-17)19(24)21-15-5-2-6-16(10-15)28(25,26)23-14-7-8-14/h1-6,9-10,14,18,23H,7-8,11H2,(H,21,24)/t18-/m1/s1. The van der Waals surface area contributed by atoms with Crippen molar-refractivity contribution in [2.75, 3.05) is 5.32 Å². The van der Waals surface area contributed by atoms with Crippen LogP contribution < -0.4 is 10.0 Å². The summed E-state index contributed by atoms with van der Waals surface area (Å²) in [6.07, 6.45) is 0.990. The molecular weight excluding hydrogens is 385 g/mol. The van der Waals surface area contributed by atoms with Crippen molar-refractivity contribution in [2.24, 2.45) is 5.16 Å². The van der Waals surface area contributed by atoms with E-state index in [1.165, 1.54) is 24.3 Å². The number of sulfonamides is 1. The Kier molecular flexibility index (Phi) is 4.86. The second-order valence-corrected chi connectivity index (χ2v) is 8.47. The van der Waals surface area contributed by atoms with Crippen LogP contribution >= 0.6 is 0 Å². The molecule has 1 saturated carbocycles. The van der Waals surface area contributed by atoms with Gasteiger partial charge in [0, 0.05) is 23.7 Å². The molecule has 7 nitrogen and oxygen atoms in total. The first-order chi connectivity index (χ1) is 13.4. The third-order valence-electron chi connectivity index (χ3n) is 4.43. The highest BCUT2D eigenvalue weighted by Crippen LogP contribution is 2.24. The maximum atomic E-state index is 13.4. The van der Waals surface area contributed by atoms with Crippen LogP contribution in [-0.2, 0) is 19.7 Å². The maximum Gasteiger partial charge on any atom is 0.268 e. The lowest BCUT2D eigenvalue weighted by Crippen LogP contribution is -2.28. The van der Waals surface area contributed by atoms with Crippen LogP contribution in [-0.4, -0.2) is 32.2 Å². The van der Waals surface area contributed by atoms with Crippen molar-refractivity contribution < 1.29 is 22.4 Å². The Bertz CT molecular complexity index is 1050. The summed E-state index contributed by atoms with van der Waals surface area (Å²) in [6, 6.07) is 11.9. The lowest BCUT2D eigenvalue weighted by atomic mass is 10.0. The van der Waals surface area contributed by atoms with Gasteiger partial charge in [-0.3, -0.25) is 4.79 Å². The van der Waals surface area contributed by atoms with Gasteiger partial charge in [0.25, 0.3) is 5.91 Å². The van der Waals surface area contributed by atoms with Crippen molar-refractivity contribution in [2.45, 2.75) is 36.3 Å². The highest BCUT2D eigenvalue weighted by atomic mass is 32.2. The number of hydrogen-bond donors (Lipinski definition) is 2. The van der Waals surface area contributed by atoms with E-state index in [1.54, 1.807) is 24.3 Å². The fourth-order valence-corrected chi connectivity index (χ4v) is 4.16. The van der Waals surface area contributed by atoms with Crippen LogP contribution in [0.3, 0.4) is 0 Å². The van der Waals surface area contributed by atoms with E-state index >= 15 is 0 Å². The zero-order valence-electron chi connectivity index (χ0n) is 14.8. The Morgan fingerprint density at radius 2 is 1.93 bits per heavy atom. The van der Waals surface area contributed by atoms with Crippen molar-refractivity contribution >= 4 is 27.3 Å². The monoisotopic (exact) mass is 403 g/mol. The summed E-state index contributed by atoms with van der Waals surface area (Å²) >= 11 is 0. The van der Waals surface area contributed by atoms with Crippen molar-refractivity contribution in [1.29, 1.82) is 0 Å². The molecule has 0 saturated heterocycles. The lowest BCUT2D eigenvalue weighted by molar-refractivity contribution is -0.125. The molecule has 28 heavy (non-hydrogen) atoms. The SMILES string of the molecule is O=C(Nc1cccc(S(=O)(=O)NC2CC2)c1)[C@H]1CC(c2cccc(F)c2)=NO1. The molecule has 1 heterocycles.